The molecule has 0 spiro atoms. The maximum Gasteiger partial charge on any atom is 0.229 e. The molecule has 0 radical (unpaired) electrons. The summed E-state index contributed by atoms with van der Waals surface area (Å²) in [5, 5.41) is 3.71. The monoisotopic (exact) mass is 236 g/mol. The first-order valence-electron chi connectivity index (χ1n) is 5.95. The summed E-state index contributed by atoms with van der Waals surface area (Å²) in [4.78, 5) is 17.4. The average molecular weight is 236 g/mol. The molecule has 1 aromatic rings. The molecule has 1 heterocycles. The summed E-state index contributed by atoms with van der Waals surface area (Å²) in [6.45, 7) is 2.00. The molecular formula is C12H16N2OS. The second-order valence-electron chi connectivity index (χ2n) is 5.05. The fraction of sp³-hybridized carbons (Fsp3) is 0.667. The first kappa shape index (κ1) is 10.3. The maximum atomic E-state index is 12.1. The fourth-order valence-electron chi connectivity index (χ4n) is 3.18. The second kappa shape index (κ2) is 3.84. The molecule has 0 aromatic carbocycles. The first-order valence-corrected chi connectivity index (χ1v) is 6.77. The summed E-state index contributed by atoms with van der Waals surface area (Å²) in [5.74, 6) is 1.91. The molecule has 4 heteroatoms. The number of rotatable bonds is 2. The van der Waals surface area contributed by atoms with Crippen molar-refractivity contribution in [3.63, 3.8) is 0 Å². The van der Waals surface area contributed by atoms with Gasteiger partial charge in [0.1, 0.15) is 0 Å². The minimum absolute atomic E-state index is 0.196. The smallest absolute Gasteiger partial charge is 0.229 e. The Morgan fingerprint density at radius 3 is 2.94 bits per heavy atom. The lowest BCUT2D eigenvalue weighted by molar-refractivity contribution is -0.121. The highest BCUT2D eigenvalue weighted by atomic mass is 32.1. The fourth-order valence-corrected chi connectivity index (χ4v) is 3.84. The van der Waals surface area contributed by atoms with Crippen LogP contribution in [-0.4, -0.2) is 10.9 Å². The lowest BCUT2D eigenvalue weighted by atomic mass is 9.88. The molecule has 3 atom stereocenters. The van der Waals surface area contributed by atoms with E-state index in [1.54, 1.807) is 17.5 Å². The molecule has 2 bridgehead atoms. The number of nitrogens with zero attached hydrogens (tertiary/aromatic N) is 1. The van der Waals surface area contributed by atoms with E-state index in [1.165, 1.54) is 19.3 Å². The van der Waals surface area contributed by atoms with Crippen LogP contribution >= 0.6 is 11.3 Å². The van der Waals surface area contributed by atoms with Crippen molar-refractivity contribution in [2.45, 2.75) is 32.6 Å². The summed E-state index contributed by atoms with van der Waals surface area (Å²) in [7, 11) is 0. The molecule has 86 valence electrons. The standard InChI is InChI=1S/C12H16N2OS/c1-7-6-13-12(16-7)14-11(15)10-5-8-2-3-9(10)4-8/h6,8-10H,2-5H2,1H3,(H,13,14,15)/t8-,9+,10+/m1/s1. The average Bonchev–Trinajstić information content (AvgIpc) is 2.93. The van der Waals surface area contributed by atoms with Crippen molar-refractivity contribution in [2.75, 3.05) is 5.32 Å². The van der Waals surface area contributed by atoms with Gasteiger partial charge in [0.2, 0.25) is 5.91 Å². The van der Waals surface area contributed by atoms with Crippen molar-refractivity contribution in [3.8, 4) is 0 Å². The minimum atomic E-state index is 0.196. The lowest BCUT2D eigenvalue weighted by Crippen LogP contribution is -2.27. The van der Waals surface area contributed by atoms with Crippen LogP contribution in [0.2, 0.25) is 0 Å². The van der Waals surface area contributed by atoms with E-state index in [-0.39, 0.29) is 11.8 Å². The van der Waals surface area contributed by atoms with Crippen LogP contribution < -0.4 is 5.32 Å². The number of nitrogens with one attached hydrogen (secondary N) is 1. The van der Waals surface area contributed by atoms with Crippen LogP contribution in [0.4, 0.5) is 5.13 Å². The zero-order chi connectivity index (χ0) is 11.1. The van der Waals surface area contributed by atoms with Crippen molar-refractivity contribution < 1.29 is 4.79 Å². The topological polar surface area (TPSA) is 42.0 Å². The van der Waals surface area contributed by atoms with Crippen LogP contribution in [-0.2, 0) is 4.79 Å². The van der Waals surface area contributed by atoms with Gasteiger partial charge in [-0.05, 0) is 38.0 Å². The molecule has 1 aromatic heterocycles. The molecule has 2 saturated carbocycles. The molecule has 16 heavy (non-hydrogen) atoms. The summed E-state index contributed by atoms with van der Waals surface area (Å²) < 4.78 is 0. The van der Waals surface area contributed by atoms with Gasteiger partial charge in [0, 0.05) is 17.0 Å². The number of thiazole rings is 1. The zero-order valence-electron chi connectivity index (χ0n) is 9.40. The number of aromatic nitrogens is 1. The number of carbonyl (C=O) groups excluding carboxylic acids is 1. The Balaban J connectivity index is 1.65. The van der Waals surface area contributed by atoms with Gasteiger partial charge in [-0.15, -0.1) is 11.3 Å². The third kappa shape index (κ3) is 1.75. The van der Waals surface area contributed by atoms with Gasteiger partial charge < -0.3 is 5.32 Å². The van der Waals surface area contributed by atoms with E-state index in [1.807, 2.05) is 6.92 Å². The van der Waals surface area contributed by atoms with Gasteiger partial charge >= 0.3 is 0 Å². The lowest BCUT2D eigenvalue weighted by Gasteiger charge is -2.19. The SMILES string of the molecule is Cc1cnc(NC(=O)[C@H]2C[C@@H]3CC[C@H]2C3)s1. The number of aryl methyl sites for hydroxylation is 1. The number of anilines is 1. The van der Waals surface area contributed by atoms with Crippen molar-refractivity contribution in [1.82, 2.24) is 4.98 Å². The van der Waals surface area contributed by atoms with Gasteiger partial charge in [-0.25, -0.2) is 4.98 Å². The van der Waals surface area contributed by atoms with Gasteiger partial charge in [0.25, 0.3) is 0 Å². The van der Waals surface area contributed by atoms with Gasteiger partial charge in [-0.1, -0.05) is 6.42 Å². The Labute approximate surface area is 99.3 Å². The predicted molar refractivity (Wildman–Crippen MR) is 64.4 cm³/mol. The Hall–Kier alpha value is -0.900. The molecule has 0 saturated heterocycles. The van der Waals surface area contributed by atoms with Crippen LogP contribution in [0.3, 0.4) is 0 Å². The molecule has 2 aliphatic rings. The van der Waals surface area contributed by atoms with E-state index < -0.39 is 0 Å². The number of fused-ring (bicyclic) bond motifs is 2. The summed E-state index contributed by atoms with van der Waals surface area (Å²) >= 11 is 1.55. The molecule has 1 amide bonds. The van der Waals surface area contributed by atoms with Gasteiger partial charge in [0.15, 0.2) is 5.13 Å². The van der Waals surface area contributed by atoms with Crippen molar-refractivity contribution in [2.24, 2.45) is 17.8 Å². The normalized spacial score (nSPS) is 31.9. The van der Waals surface area contributed by atoms with E-state index in [4.69, 9.17) is 0 Å². The van der Waals surface area contributed by atoms with Crippen LogP contribution in [0.1, 0.15) is 30.6 Å². The van der Waals surface area contributed by atoms with Crippen LogP contribution in [0.5, 0.6) is 0 Å². The molecule has 0 unspecified atom stereocenters. The van der Waals surface area contributed by atoms with Crippen molar-refractivity contribution >= 4 is 22.4 Å². The first-order chi connectivity index (χ1) is 7.72. The van der Waals surface area contributed by atoms with E-state index in [0.717, 1.165) is 22.3 Å². The van der Waals surface area contributed by atoms with Crippen molar-refractivity contribution in [3.05, 3.63) is 11.1 Å². The molecule has 2 fully saturated rings. The van der Waals surface area contributed by atoms with Crippen LogP contribution in [0.15, 0.2) is 6.20 Å². The largest absolute Gasteiger partial charge is 0.302 e. The van der Waals surface area contributed by atoms with E-state index in [2.05, 4.69) is 10.3 Å². The number of hydrogen-bond acceptors (Lipinski definition) is 3. The molecule has 2 aliphatic carbocycles. The maximum absolute atomic E-state index is 12.1. The second-order valence-corrected chi connectivity index (χ2v) is 6.28. The minimum Gasteiger partial charge on any atom is -0.302 e. The highest BCUT2D eigenvalue weighted by Crippen LogP contribution is 2.48. The third-order valence-corrected chi connectivity index (χ3v) is 4.75. The summed E-state index contributed by atoms with van der Waals surface area (Å²) in [6.07, 6.45) is 6.77. The number of hydrogen-bond donors (Lipinski definition) is 1. The Morgan fingerprint density at radius 1 is 1.50 bits per heavy atom. The van der Waals surface area contributed by atoms with Crippen LogP contribution in [0.25, 0.3) is 0 Å². The Kier molecular flexibility index (Phi) is 2.46. The summed E-state index contributed by atoms with van der Waals surface area (Å²) in [5.41, 5.74) is 0. The highest BCUT2D eigenvalue weighted by molar-refractivity contribution is 7.15. The van der Waals surface area contributed by atoms with Crippen LogP contribution in [0, 0.1) is 24.7 Å². The molecule has 3 nitrogen and oxygen atoms in total. The predicted octanol–water partition coefficient (Wildman–Crippen LogP) is 2.83. The Morgan fingerprint density at radius 2 is 2.38 bits per heavy atom. The number of amides is 1. The zero-order valence-corrected chi connectivity index (χ0v) is 10.2. The molecule has 0 aliphatic heterocycles. The number of carbonyl (C=O) groups is 1. The quantitative estimate of drug-likeness (QED) is 0.858. The molecule has 3 rings (SSSR count). The van der Waals surface area contributed by atoms with E-state index in [0.29, 0.717) is 5.92 Å². The van der Waals surface area contributed by atoms with E-state index in [9.17, 15) is 4.79 Å². The van der Waals surface area contributed by atoms with Gasteiger partial charge in [0.05, 0.1) is 0 Å². The summed E-state index contributed by atoms with van der Waals surface area (Å²) in [6, 6.07) is 0. The van der Waals surface area contributed by atoms with Gasteiger partial charge in [-0.2, -0.15) is 0 Å². The molecule has 1 N–H and O–H groups in total. The third-order valence-electron chi connectivity index (χ3n) is 3.93. The van der Waals surface area contributed by atoms with Crippen molar-refractivity contribution in [1.29, 1.82) is 0 Å². The van der Waals surface area contributed by atoms with E-state index >= 15 is 0 Å². The Bertz CT molecular complexity index is 415. The highest BCUT2D eigenvalue weighted by Gasteiger charge is 2.43. The molecular weight excluding hydrogens is 220 g/mol. The van der Waals surface area contributed by atoms with Gasteiger partial charge in [-0.3, -0.25) is 4.79 Å².